The molecule has 2 aromatic heterocycles. The number of hydrogen-bond acceptors (Lipinski definition) is 14. The highest BCUT2D eigenvalue weighted by molar-refractivity contribution is 7.51. The van der Waals surface area contributed by atoms with Gasteiger partial charge in [0.25, 0.3) is 0 Å². The van der Waals surface area contributed by atoms with Crippen LogP contribution in [0.3, 0.4) is 0 Å². The molecule has 4 aromatic rings. The minimum absolute atomic E-state index is 0.0223. The fraction of sp³-hybridized carbons (Fsp3) is 0.512. The number of methoxy groups -OCH3 is 1. The average molecular weight is 1080 g/mol. The molecule has 0 aliphatic rings. The SMILES string of the molecule is CCNc1nc(Cl)nc(NC(C)C)n1.CCOC(=O)C(Cl)Cc1cc(-n2nc(C)n(C(F)F)c2=O)c(F)cc1Cl.CCc1cccc(C)c1N(C(=O)CCl)C(C)COC.O=C(O)CNCP(=O)(O)O. The number of carbonyl (C=O) groups excluding carboxylic acids is 2. The lowest BCUT2D eigenvalue weighted by Gasteiger charge is -2.31. The lowest BCUT2D eigenvalue weighted by atomic mass is 10.0. The van der Waals surface area contributed by atoms with Gasteiger partial charge in [-0.05, 0) is 95.3 Å². The predicted molar refractivity (Wildman–Crippen MR) is 259 cm³/mol. The summed E-state index contributed by atoms with van der Waals surface area (Å²) in [6.45, 7) is 12.7. The fourth-order valence-electron chi connectivity index (χ4n) is 5.81. The summed E-state index contributed by atoms with van der Waals surface area (Å²) >= 11 is 23.4. The molecule has 4 rings (SSSR count). The number of aromatic nitrogens is 6. The molecule has 0 spiro atoms. The summed E-state index contributed by atoms with van der Waals surface area (Å²) in [6, 6.07) is 8.34. The van der Waals surface area contributed by atoms with E-state index in [0.29, 0.717) is 23.2 Å². The number of hydrogen-bond donors (Lipinski definition) is 6. The van der Waals surface area contributed by atoms with Crippen LogP contribution in [0.4, 0.5) is 30.8 Å². The summed E-state index contributed by atoms with van der Waals surface area (Å²) in [4.78, 5) is 75.8. The third-order valence-corrected chi connectivity index (χ3v) is 10.3. The maximum atomic E-state index is 14.2. The molecule has 0 aliphatic carbocycles. The second kappa shape index (κ2) is 30.9. The van der Waals surface area contributed by atoms with Crippen LogP contribution >= 0.6 is 54.0 Å². The number of amides is 1. The molecule has 2 heterocycles. The molecular weight excluding hydrogens is 1020 g/mol. The zero-order chi connectivity index (χ0) is 52.8. The van der Waals surface area contributed by atoms with Crippen molar-refractivity contribution in [2.24, 2.45) is 0 Å². The normalized spacial score (nSPS) is 11.8. The van der Waals surface area contributed by atoms with E-state index < -0.39 is 55.8 Å². The van der Waals surface area contributed by atoms with Gasteiger partial charge in [0.05, 0.1) is 37.8 Å². The van der Waals surface area contributed by atoms with Crippen molar-refractivity contribution in [3.05, 3.63) is 79.5 Å². The van der Waals surface area contributed by atoms with Gasteiger partial charge >= 0.3 is 31.8 Å². The second-order valence-corrected chi connectivity index (χ2v) is 17.8. The zero-order valence-corrected chi connectivity index (χ0v) is 43.2. The lowest BCUT2D eigenvalue weighted by Crippen LogP contribution is -2.43. The molecule has 69 heavy (non-hydrogen) atoms. The van der Waals surface area contributed by atoms with Gasteiger partial charge in [-0.25, -0.2) is 13.8 Å². The van der Waals surface area contributed by atoms with Gasteiger partial charge in [-0.3, -0.25) is 24.3 Å². The molecule has 20 nitrogen and oxygen atoms in total. The molecule has 0 saturated carbocycles. The Morgan fingerprint density at radius 3 is 2.14 bits per heavy atom. The topological polar surface area (TPSA) is 265 Å². The molecule has 0 radical (unpaired) electrons. The Kier molecular flexibility index (Phi) is 28.0. The number of nitrogens with one attached hydrogen (secondary N) is 3. The Labute approximate surface area is 417 Å². The Morgan fingerprint density at radius 2 is 1.64 bits per heavy atom. The number of rotatable bonds is 20. The standard InChI is InChI=1S/C15H14Cl2F3N3O3.C15H22ClNO2.C8H14ClN5.C3H8NO5P/c1-3-26-13(24)10(17)4-8-5-12(11(18)6-9(8)16)23-15(25)22(14(19)20)7(2)21-23;1-5-13-8-6-7-11(2)15(13)17(14(18)9-16)12(3)10-19-4;1-4-10-7-12-6(9)13-8(14-7)11-5(2)3;5-3(6)1-4-2-10(7,8)9/h5-6,10,14H,3-4H2,1-2H3;6-8,12H,5,9-10H2,1-4H3;5H,4H2,1-3H3,(H2,10,11,12,13,14);4H,1-2H2,(H,5,6)(H2,7,8,9). The minimum Gasteiger partial charge on any atom is -0.480 e. The van der Waals surface area contributed by atoms with E-state index in [-0.39, 0.29) is 68.8 Å². The van der Waals surface area contributed by atoms with Crippen molar-refractivity contribution >= 4 is 89.4 Å². The summed E-state index contributed by atoms with van der Waals surface area (Å²) in [5.41, 5.74) is 1.84. The van der Waals surface area contributed by atoms with Gasteiger partial charge in [0.1, 0.15) is 22.8 Å². The van der Waals surface area contributed by atoms with Gasteiger partial charge in [-0.15, -0.1) is 28.3 Å². The first-order valence-corrected chi connectivity index (χ1v) is 24.4. The number of aryl methyl sites for hydroxylation is 3. The third-order valence-electron chi connectivity index (χ3n) is 8.59. The summed E-state index contributed by atoms with van der Waals surface area (Å²) in [5.74, 6) is -2.18. The highest BCUT2D eigenvalue weighted by Gasteiger charge is 2.26. The van der Waals surface area contributed by atoms with E-state index in [9.17, 15) is 36.9 Å². The maximum absolute atomic E-state index is 14.2. The number of benzene rings is 2. The van der Waals surface area contributed by atoms with Crippen molar-refractivity contribution in [2.75, 3.05) is 61.1 Å². The van der Waals surface area contributed by atoms with Gasteiger partial charge in [0.15, 0.2) is 5.82 Å². The number of aliphatic carboxylic acids is 1. The molecule has 0 fully saturated rings. The molecule has 1 amide bonds. The molecule has 0 aliphatic heterocycles. The van der Waals surface area contributed by atoms with Gasteiger partial charge in [0, 0.05) is 31.1 Å². The van der Waals surface area contributed by atoms with E-state index in [1.807, 2.05) is 46.8 Å². The first-order valence-electron chi connectivity index (χ1n) is 20.9. The smallest absolute Gasteiger partial charge is 0.355 e. The van der Waals surface area contributed by atoms with Crippen LogP contribution in [-0.4, -0.2) is 125 Å². The van der Waals surface area contributed by atoms with Crippen LogP contribution in [0.1, 0.15) is 70.6 Å². The van der Waals surface area contributed by atoms with Crippen LogP contribution in [0.15, 0.2) is 35.1 Å². The number of nitrogens with zero attached hydrogens (tertiary/aromatic N) is 7. The van der Waals surface area contributed by atoms with Crippen LogP contribution in [0.5, 0.6) is 0 Å². The highest BCUT2D eigenvalue weighted by atomic mass is 35.5. The first kappa shape index (κ1) is 62.4. The number of carboxylic acids is 1. The van der Waals surface area contributed by atoms with Gasteiger partial charge in [0.2, 0.25) is 23.1 Å². The van der Waals surface area contributed by atoms with Crippen LogP contribution in [0.2, 0.25) is 10.3 Å². The summed E-state index contributed by atoms with van der Waals surface area (Å²) in [6.07, 6.45) is 0.165. The molecule has 28 heteroatoms. The van der Waals surface area contributed by atoms with E-state index in [2.05, 4.69) is 49.0 Å². The summed E-state index contributed by atoms with van der Waals surface area (Å²) < 4.78 is 60.7. The number of carboxylic acid groups (broad SMARTS) is 1. The Bertz CT molecular complexity index is 2400. The van der Waals surface area contributed by atoms with Crippen molar-refractivity contribution in [1.29, 1.82) is 0 Å². The monoisotopic (exact) mass is 1080 g/mol. The quantitative estimate of drug-likeness (QED) is 0.0296. The molecule has 2 atom stereocenters. The van der Waals surface area contributed by atoms with Crippen LogP contribution < -0.4 is 26.5 Å². The van der Waals surface area contributed by atoms with E-state index in [1.54, 1.807) is 18.9 Å². The number of alkyl halides is 4. The largest absolute Gasteiger partial charge is 0.480 e. The number of halogens is 7. The summed E-state index contributed by atoms with van der Waals surface area (Å²) in [7, 11) is -2.46. The number of ether oxygens (including phenoxy) is 2. The van der Waals surface area contributed by atoms with Crippen molar-refractivity contribution in [3.8, 4) is 5.69 Å². The Hall–Kier alpha value is -4.58. The zero-order valence-electron chi connectivity index (χ0n) is 39.3. The number of carbonyl (C=O) groups is 3. The molecule has 0 bridgehead atoms. The Balaban J connectivity index is 0.000000488. The second-order valence-electron chi connectivity index (χ2n) is 14.6. The van der Waals surface area contributed by atoms with E-state index in [1.165, 1.54) is 6.92 Å². The molecule has 386 valence electrons. The van der Waals surface area contributed by atoms with Crippen LogP contribution in [-0.2, 0) is 41.3 Å². The van der Waals surface area contributed by atoms with Crippen molar-refractivity contribution < 1.29 is 56.5 Å². The van der Waals surface area contributed by atoms with Crippen molar-refractivity contribution in [3.63, 3.8) is 0 Å². The first-order chi connectivity index (χ1) is 32.3. The molecule has 2 aromatic carbocycles. The van der Waals surface area contributed by atoms with Crippen LogP contribution in [0, 0.1) is 19.7 Å². The Morgan fingerprint density at radius 1 is 1.00 bits per heavy atom. The third kappa shape index (κ3) is 21.5. The molecule has 0 saturated heterocycles. The maximum Gasteiger partial charge on any atom is 0.355 e. The number of esters is 1. The number of anilines is 3. The predicted octanol–water partition coefficient (Wildman–Crippen LogP) is 6.98. The number of para-hydroxylation sites is 1. The molecular formula is C41H58Cl4F3N10O10P. The van der Waals surface area contributed by atoms with Gasteiger partial charge in [-0.1, -0.05) is 36.7 Å². The highest BCUT2D eigenvalue weighted by Crippen LogP contribution is 2.32. The summed E-state index contributed by atoms with van der Waals surface area (Å²) in [5, 5.41) is 18.8. The van der Waals surface area contributed by atoms with Crippen LogP contribution in [0.25, 0.3) is 5.69 Å². The lowest BCUT2D eigenvalue weighted by molar-refractivity contribution is -0.142. The average Bonchev–Trinajstić information content (AvgIpc) is 3.55. The van der Waals surface area contributed by atoms with Gasteiger partial charge in [-0.2, -0.15) is 28.4 Å². The van der Waals surface area contributed by atoms with E-state index >= 15 is 0 Å². The van der Waals surface area contributed by atoms with E-state index in [4.69, 9.17) is 70.8 Å². The minimum atomic E-state index is -4.10. The van der Waals surface area contributed by atoms with Crippen molar-refractivity contribution in [1.82, 2.24) is 34.6 Å². The van der Waals surface area contributed by atoms with Crippen molar-refractivity contribution in [2.45, 2.75) is 92.2 Å². The molecule has 6 N–H and O–H groups in total. The fourth-order valence-corrected chi connectivity index (χ4v) is 6.95. The van der Waals surface area contributed by atoms with E-state index in [0.717, 1.165) is 41.9 Å². The van der Waals surface area contributed by atoms with Gasteiger partial charge < -0.3 is 39.9 Å². The molecule has 2 unspecified atom stereocenters.